The molecule has 4 atom stereocenters. The van der Waals surface area contributed by atoms with Crippen molar-refractivity contribution in [2.24, 2.45) is 0 Å². The zero-order valence-electron chi connectivity index (χ0n) is 19.7. The third kappa shape index (κ3) is 4.50. The molecule has 5 rings (SSSR count). The van der Waals surface area contributed by atoms with Gasteiger partial charge in [0.2, 0.25) is 5.91 Å². The highest BCUT2D eigenvalue weighted by molar-refractivity contribution is 5.85. The summed E-state index contributed by atoms with van der Waals surface area (Å²) in [6.45, 7) is 2.59. The van der Waals surface area contributed by atoms with E-state index in [9.17, 15) is 19.5 Å². The highest BCUT2D eigenvalue weighted by Crippen LogP contribution is 2.44. The van der Waals surface area contributed by atoms with Crippen molar-refractivity contribution in [3.05, 3.63) is 59.7 Å². The molecule has 3 aliphatic rings. The van der Waals surface area contributed by atoms with Crippen molar-refractivity contribution in [2.75, 3.05) is 13.2 Å². The van der Waals surface area contributed by atoms with Crippen LogP contribution in [-0.2, 0) is 19.1 Å². The largest absolute Gasteiger partial charge is 0.480 e. The van der Waals surface area contributed by atoms with Crippen molar-refractivity contribution >= 4 is 18.0 Å². The number of carboxylic acids is 1. The van der Waals surface area contributed by atoms with Crippen LogP contribution in [0.4, 0.5) is 4.79 Å². The monoisotopic (exact) mass is 478 g/mol. The molecule has 0 radical (unpaired) electrons. The van der Waals surface area contributed by atoms with Crippen LogP contribution in [0.5, 0.6) is 0 Å². The SMILES string of the molecule is CC(CCC(=O)N1C(C(=O)O)C[C@@H]2OCC[C@@H]21)NC(=O)OCC1c2ccccc2-c2ccccc21. The van der Waals surface area contributed by atoms with Gasteiger partial charge in [-0.3, -0.25) is 4.79 Å². The molecule has 184 valence electrons. The summed E-state index contributed by atoms with van der Waals surface area (Å²) in [7, 11) is 0. The van der Waals surface area contributed by atoms with E-state index in [1.165, 1.54) is 16.0 Å². The van der Waals surface area contributed by atoms with Gasteiger partial charge in [0.1, 0.15) is 12.6 Å². The lowest BCUT2D eigenvalue weighted by Gasteiger charge is -2.27. The number of likely N-dealkylation sites (tertiary alicyclic amines) is 1. The Morgan fingerprint density at radius 3 is 2.43 bits per heavy atom. The number of rotatable bonds is 7. The summed E-state index contributed by atoms with van der Waals surface area (Å²) in [4.78, 5) is 38.5. The molecule has 0 bridgehead atoms. The lowest BCUT2D eigenvalue weighted by atomic mass is 9.98. The van der Waals surface area contributed by atoms with Gasteiger partial charge in [-0.25, -0.2) is 9.59 Å². The molecule has 2 amide bonds. The number of hydrogen-bond donors (Lipinski definition) is 2. The summed E-state index contributed by atoms with van der Waals surface area (Å²) >= 11 is 0. The summed E-state index contributed by atoms with van der Waals surface area (Å²) in [5, 5.41) is 12.3. The first kappa shape index (κ1) is 23.4. The number of amides is 2. The fourth-order valence-corrected chi connectivity index (χ4v) is 5.71. The lowest BCUT2D eigenvalue weighted by Crippen LogP contribution is -2.45. The molecule has 2 saturated heterocycles. The predicted octanol–water partition coefficient (Wildman–Crippen LogP) is 3.54. The normalized spacial score (nSPS) is 23.3. The minimum absolute atomic E-state index is 0.0188. The van der Waals surface area contributed by atoms with Crippen molar-refractivity contribution in [3.8, 4) is 11.1 Å². The highest BCUT2D eigenvalue weighted by atomic mass is 16.5. The third-order valence-corrected chi connectivity index (χ3v) is 7.40. The van der Waals surface area contributed by atoms with E-state index in [2.05, 4.69) is 29.6 Å². The Labute approximate surface area is 204 Å². The zero-order valence-corrected chi connectivity index (χ0v) is 19.7. The van der Waals surface area contributed by atoms with Gasteiger partial charge in [0.05, 0.1) is 12.1 Å². The molecular weight excluding hydrogens is 448 g/mol. The summed E-state index contributed by atoms with van der Waals surface area (Å²) in [6, 6.07) is 15.0. The number of carbonyl (C=O) groups is 3. The third-order valence-electron chi connectivity index (χ3n) is 7.40. The second kappa shape index (κ2) is 9.70. The van der Waals surface area contributed by atoms with Gasteiger partial charge in [0, 0.05) is 31.4 Å². The van der Waals surface area contributed by atoms with Crippen LogP contribution in [-0.4, -0.2) is 65.4 Å². The molecule has 2 aromatic carbocycles. The molecule has 2 unspecified atom stereocenters. The smallest absolute Gasteiger partial charge is 0.407 e. The Balaban J connectivity index is 1.13. The van der Waals surface area contributed by atoms with Crippen molar-refractivity contribution in [3.63, 3.8) is 0 Å². The number of carbonyl (C=O) groups excluding carboxylic acids is 2. The molecule has 1 aliphatic carbocycles. The summed E-state index contributed by atoms with van der Waals surface area (Å²) in [5.74, 6) is -1.23. The van der Waals surface area contributed by atoms with Crippen molar-refractivity contribution < 1.29 is 29.0 Å². The average molecular weight is 479 g/mol. The molecule has 0 spiro atoms. The number of fused-ring (bicyclic) bond motifs is 4. The topological polar surface area (TPSA) is 105 Å². The van der Waals surface area contributed by atoms with Crippen LogP contribution in [0.1, 0.15) is 49.7 Å². The van der Waals surface area contributed by atoms with Gasteiger partial charge in [-0.15, -0.1) is 0 Å². The number of carboxylic acid groups (broad SMARTS) is 1. The number of benzene rings is 2. The van der Waals surface area contributed by atoms with E-state index >= 15 is 0 Å². The predicted molar refractivity (Wildman–Crippen MR) is 128 cm³/mol. The van der Waals surface area contributed by atoms with Gasteiger partial charge < -0.3 is 24.8 Å². The molecule has 8 heteroatoms. The van der Waals surface area contributed by atoms with Crippen LogP contribution < -0.4 is 5.32 Å². The summed E-state index contributed by atoms with van der Waals surface area (Å²) < 4.78 is 11.2. The van der Waals surface area contributed by atoms with Crippen LogP contribution in [0.2, 0.25) is 0 Å². The van der Waals surface area contributed by atoms with E-state index in [0.717, 1.165) is 11.1 Å². The molecule has 2 heterocycles. The van der Waals surface area contributed by atoms with E-state index in [1.807, 2.05) is 31.2 Å². The molecule has 0 aromatic heterocycles. The number of aliphatic carboxylic acids is 1. The van der Waals surface area contributed by atoms with Crippen LogP contribution in [0.3, 0.4) is 0 Å². The Kier molecular flexibility index (Phi) is 6.47. The quantitative estimate of drug-likeness (QED) is 0.631. The average Bonchev–Trinajstić information content (AvgIpc) is 3.53. The van der Waals surface area contributed by atoms with Crippen molar-refractivity contribution in [2.45, 2.75) is 62.8 Å². The Hall–Kier alpha value is -3.39. The van der Waals surface area contributed by atoms with Gasteiger partial charge >= 0.3 is 12.1 Å². The van der Waals surface area contributed by atoms with Gasteiger partial charge in [-0.1, -0.05) is 48.5 Å². The van der Waals surface area contributed by atoms with Crippen LogP contribution in [0, 0.1) is 0 Å². The van der Waals surface area contributed by atoms with Gasteiger partial charge in [-0.2, -0.15) is 0 Å². The first-order valence-corrected chi connectivity index (χ1v) is 12.2. The number of nitrogens with zero attached hydrogens (tertiary/aromatic N) is 1. The lowest BCUT2D eigenvalue weighted by molar-refractivity contribution is -0.149. The summed E-state index contributed by atoms with van der Waals surface area (Å²) in [6.07, 6.45) is 0.812. The van der Waals surface area contributed by atoms with E-state index in [0.29, 0.717) is 25.9 Å². The maximum absolute atomic E-state index is 12.9. The Morgan fingerprint density at radius 2 is 1.77 bits per heavy atom. The minimum atomic E-state index is -0.999. The Bertz CT molecular complexity index is 1090. The summed E-state index contributed by atoms with van der Waals surface area (Å²) in [5.41, 5.74) is 4.63. The number of ether oxygens (including phenoxy) is 2. The van der Waals surface area contributed by atoms with E-state index in [-0.39, 0.29) is 43.0 Å². The van der Waals surface area contributed by atoms with Crippen molar-refractivity contribution in [1.82, 2.24) is 10.2 Å². The van der Waals surface area contributed by atoms with E-state index in [1.54, 1.807) is 0 Å². The zero-order chi connectivity index (χ0) is 24.5. The molecule has 2 N–H and O–H groups in total. The molecule has 8 nitrogen and oxygen atoms in total. The van der Waals surface area contributed by atoms with Crippen molar-refractivity contribution in [1.29, 1.82) is 0 Å². The second-order valence-electron chi connectivity index (χ2n) is 9.57. The number of nitrogens with one attached hydrogen (secondary N) is 1. The first-order chi connectivity index (χ1) is 16.9. The maximum Gasteiger partial charge on any atom is 0.407 e. The van der Waals surface area contributed by atoms with Gasteiger partial charge in [-0.05, 0) is 42.0 Å². The number of alkyl carbamates (subject to hydrolysis) is 1. The molecule has 2 aliphatic heterocycles. The minimum Gasteiger partial charge on any atom is -0.480 e. The second-order valence-corrected chi connectivity index (χ2v) is 9.57. The maximum atomic E-state index is 12.9. The van der Waals surface area contributed by atoms with Gasteiger partial charge in [0.25, 0.3) is 0 Å². The van der Waals surface area contributed by atoms with E-state index in [4.69, 9.17) is 9.47 Å². The first-order valence-electron chi connectivity index (χ1n) is 12.2. The number of hydrogen-bond acceptors (Lipinski definition) is 5. The van der Waals surface area contributed by atoms with E-state index < -0.39 is 18.1 Å². The fourth-order valence-electron chi connectivity index (χ4n) is 5.71. The molecule has 2 fully saturated rings. The van der Waals surface area contributed by atoms with Crippen LogP contribution >= 0.6 is 0 Å². The molecule has 2 aromatic rings. The highest BCUT2D eigenvalue weighted by Gasteiger charge is 2.49. The fraction of sp³-hybridized carbons (Fsp3) is 0.444. The molecule has 0 saturated carbocycles. The molecule has 35 heavy (non-hydrogen) atoms. The standard InChI is InChI=1S/C27H30N2O6/c1-16(10-11-25(30)29-22-12-13-34-24(22)14-23(29)26(31)32)28-27(33)35-15-21-19-8-4-2-6-17(19)18-7-3-5-9-20(18)21/h2-9,16,21-24H,10-15H2,1H3,(H,28,33)(H,31,32)/t16?,22-,23?,24-/m0/s1. The molecular formula is C27H30N2O6. The Morgan fingerprint density at radius 1 is 1.11 bits per heavy atom. The van der Waals surface area contributed by atoms with Crippen LogP contribution in [0.15, 0.2) is 48.5 Å². The van der Waals surface area contributed by atoms with Gasteiger partial charge in [0.15, 0.2) is 0 Å². The van der Waals surface area contributed by atoms with Crippen LogP contribution in [0.25, 0.3) is 11.1 Å².